The Morgan fingerprint density at radius 2 is 1.31 bits per heavy atom. The fourth-order valence-corrected chi connectivity index (χ4v) is 2.71. The van der Waals surface area contributed by atoms with E-state index in [-0.39, 0.29) is 11.9 Å². The van der Waals surface area contributed by atoms with E-state index in [0.29, 0.717) is 12.1 Å². The lowest BCUT2D eigenvalue weighted by atomic mass is 9.89. The number of halogens is 1. The Labute approximate surface area is 181 Å². The minimum Gasteiger partial charge on any atom is -0.543 e. The summed E-state index contributed by atoms with van der Waals surface area (Å²) in [6, 6.07) is 15.0. The number of fused-ring (bicyclic) bond motifs is 1. The lowest BCUT2D eigenvalue weighted by molar-refractivity contribution is -0.345. The second-order valence-corrected chi connectivity index (χ2v) is 6.20. The van der Waals surface area contributed by atoms with Gasteiger partial charge in [-0.3, -0.25) is 4.99 Å². The molecule has 2 N–H and O–H groups in total. The monoisotopic (exact) mass is 444 g/mol. The minimum atomic E-state index is -2.19. The van der Waals surface area contributed by atoms with Crippen LogP contribution in [0.4, 0.5) is 4.39 Å². The van der Waals surface area contributed by atoms with Crippen molar-refractivity contribution in [3.63, 3.8) is 0 Å². The molecule has 2 aromatic rings. The molecule has 1 aliphatic heterocycles. The van der Waals surface area contributed by atoms with Gasteiger partial charge in [-0.15, -0.1) is 0 Å². The van der Waals surface area contributed by atoms with Crippen molar-refractivity contribution in [3.05, 3.63) is 71.0 Å². The van der Waals surface area contributed by atoms with Crippen molar-refractivity contribution < 1.29 is 44.0 Å². The molecule has 0 amide bonds. The number of carbonyl (C=O) groups excluding carboxylic acids is 4. The van der Waals surface area contributed by atoms with Gasteiger partial charge in [0.25, 0.3) is 0 Å². The molecule has 11 heteroatoms. The van der Waals surface area contributed by atoms with Crippen molar-refractivity contribution in [1.82, 2.24) is 0 Å². The van der Waals surface area contributed by atoms with Crippen LogP contribution in [-0.4, -0.2) is 42.2 Å². The van der Waals surface area contributed by atoms with Gasteiger partial charge >= 0.3 is 0 Å². The summed E-state index contributed by atoms with van der Waals surface area (Å²) in [5.74, 6) is -8.97. The maximum Gasteiger partial charge on any atom is 0.132 e. The lowest BCUT2D eigenvalue weighted by Crippen LogP contribution is -2.42. The number of benzene rings is 2. The van der Waals surface area contributed by atoms with Crippen LogP contribution < -0.4 is 26.2 Å². The molecule has 170 valence electrons. The summed E-state index contributed by atoms with van der Waals surface area (Å²) in [6.07, 6.45) is 1.71. The van der Waals surface area contributed by atoms with Gasteiger partial charge in [-0.25, -0.2) is 4.39 Å². The highest BCUT2D eigenvalue weighted by Gasteiger charge is 2.22. The minimum absolute atomic E-state index is 0.143. The molecule has 2 aromatic carbocycles. The van der Waals surface area contributed by atoms with Gasteiger partial charge in [0.2, 0.25) is 0 Å². The first kappa shape index (κ1) is 25.9. The maximum absolute atomic E-state index is 14.1. The Morgan fingerprint density at radius 3 is 1.78 bits per heavy atom. The molecule has 0 saturated heterocycles. The summed E-state index contributed by atoms with van der Waals surface area (Å²) in [5.41, 5.74) is 9.23. The van der Waals surface area contributed by atoms with E-state index in [1.54, 1.807) is 12.1 Å². The molecule has 1 heterocycles. The molecule has 10 nitrogen and oxygen atoms in total. The molecule has 1 aliphatic rings. The Balaban J connectivity index is 0.000000355. The van der Waals surface area contributed by atoms with E-state index in [1.165, 1.54) is 11.6 Å². The van der Waals surface area contributed by atoms with Gasteiger partial charge in [0.1, 0.15) is 5.82 Å². The van der Waals surface area contributed by atoms with Crippen molar-refractivity contribution >= 4 is 29.6 Å². The molecule has 0 bridgehead atoms. The number of nitrogens with zero attached hydrogens (tertiary/aromatic N) is 1. The number of aliphatic carboxylic acids is 4. The summed E-state index contributed by atoms with van der Waals surface area (Å²) in [4.78, 5) is 40.4. The predicted octanol–water partition coefficient (Wildman–Crippen LogP) is -4.09. The topological polar surface area (TPSA) is 199 Å². The highest BCUT2D eigenvalue weighted by molar-refractivity contribution is 6.25. The molecule has 0 fully saturated rings. The van der Waals surface area contributed by atoms with Crippen molar-refractivity contribution in [2.24, 2.45) is 10.7 Å². The molecule has 0 spiro atoms. The van der Waals surface area contributed by atoms with Crippen LogP contribution in [0.25, 0.3) is 0 Å². The van der Waals surface area contributed by atoms with E-state index in [4.69, 9.17) is 50.3 Å². The zero-order chi connectivity index (χ0) is 24.3. The number of carbonyl (C=O) groups is 4. The number of aliphatic imine (C=N–C) groups is 1. The first-order chi connectivity index (χ1) is 15.1. The number of carboxylic acid groups (broad SMARTS) is 4. The summed E-state index contributed by atoms with van der Waals surface area (Å²) in [5, 5.41) is 35.7. The van der Waals surface area contributed by atoms with E-state index in [9.17, 15) is 4.39 Å². The Morgan fingerprint density at radius 1 is 0.844 bits per heavy atom. The summed E-state index contributed by atoms with van der Waals surface area (Å²) < 4.78 is 14.1. The number of nitrogens with two attached hydrogens (primary N) is 1. The zero-order valence-electron chi connectivity index (χ0n) is 16.5. The van der Waals surface area contributed by atoms with Crippen molar-refractivity contribution in [3.8, 4) is 0 Å². The Bertz CT molecular complexity index is 974. The summed E-state index contributed by atoms with van der Waals surface area (Å²) in [7, 11) is 0. The highest BCUT2D eigenvalue weighted by Crippen LogP contribution is 2.25. The molecule has 0 aliphatic carbocycles. The molecule has 1 atom stereocenters. The van der Waals surface area contributed by atoms with Gasteiger partial charge in [-0.1, -0.05) is 36.4 Å². The van der Waals surface area contributed by atoms with Crippen LogP contribution in [0.1, 0.15) is 23.1 Å². The van der Waals surface area contributed by atoms with Crippen LogP contribution in [0.5, 0.6) is 0 Å². The van der Waals surface area contributed by atoms with Crippen molar-refractivity contribution in [2.45, 2.75) is 18.9 Å². The summed E-state index contributed by atoms with van der Waals surface area (Å²) >= 11 is 0. The molecule has 0 saturated carbocycles. The maximum atomic E-state index is 14.1. The van der Waals surface area contributed by atoms with Crippen molar-refractivity contribution in [1.29, 1.82) is 0 Å². The molecular weight excluding hydrogens is 427 g/mol. The second-order valence-electron chi connectivity index (χ2n) is 6.20. The number of rotatable bonds is 3. The van der Waals surface area contributed by atoms with E-state index >= 15 is 0 Å². The molecule has 0 radical (unpaired) electrons. The molecule has 0 aromatic heterocycles. The van der Waals surface area contributed by atoms with Gasteiger partial charge in [-0.2, -0.15) is 0 Å². The SMILES string of the molecule is NCCC1Cc2ccccc2C(c2ccccc2F)=N1.O=C([O-])C(=O)[O-].O=C([O-])C(=O)[O-]. The largest absolute Gasteiger partial charge is 0.543 e. The Hall–Kier alpha value is -4.12. The van der Waals surface area contributed by atoms with E-state index < -0.39 is 23.9 Å². The van der Waals surface area contributed by atoms with Crippen LogP contribution in [0.2, 0.25) is 0 Å². The molecule has 1 unspecified atom stereocenters. The van der Waals surface area contributed by atoms with Gasteiger partial charge < -0.3 is 45.3 Å². The standard InChI is InChI=1S/C17H17FN2.2C2H2O4/c18-16-8-4-3-7-15(16)17-14-6-2-1-5-12(14)11-13(20-17)9-10-19;2*3-1(4)2(5)6/h1-8,13H,9-11,19H2;2*(H,3,4)(H,5,6)/p-4. The van der Waals surface area contributed by atoms with Crippen LogP contribution in [0.3, 0.4) is 0 Å². The fourth-order valence-electron chi connectivity index (χ4n) is 2.71. The first-order valence-electron chi connectivity index (χ1n) is 9.04. The van der Waals surface area contributed by atoms with Gasteiger partial charge in [0.05, 0.1) is 35.6 Å². The van der Waals surface area contributed by atoms with Crippen LogP contribution in [-0.2, 0) is 25.6 Å². The average Bonchev–Trinajstić information content (AvgIpc) is 2.74. The number of hydrogen-bond acceptors (Lipinski definition) is 10. The third kappa shape index (κ3) is 7.95. The lowest BCUT2D eigenvalue weighted by Gasteiger charge is -2.23. The molecule has 3 rings (SSSR count). The second kappa shape index (κ2) is 12.5. The van der Waals surface area contributed by atoms with E-state index in [0.717, 1.165) is 24.1 Å². The first-order valence-corrected chi connectivity index (χ1v) is 9.04. The van der Waals surface area contributed by atoms with E-state index in [1.807, 2.05) is 24.3 Å². The van der Waals surface area contributed by atoms with Crippen LogP contribution >= 0.6 is 0 Å². The van der Waals surface area contributed by atoms with Gasteiger partial charge in [-0.05, 0) is 37.1 Å². The Kier molecular flexibility index (Phi) is 10.2. The normalized spacial score (nSPS) is 13.7. The third-order valence-corrected chi connectivity index (χ3v) is 4.00. The van der Waals surface area contributed by atoms with Gasteiger partial charge in [0, 0.05) is 11.1 Å². The predicted molar refractivity (Wildman–Crippen MR) is 99.7 cm³/mol. The van der Waals surface area contributed by atoms with Crippen LogP contribution in [0.15, 0.2) is 53.5 Å². The number of hydrogen-bond donors (Lipinski definition) is 1. The van der Waals surface area contributed by atoms with Crippen LogP contribution in [0, 0.1) is 5.82 Å². The van der Waals surface area contributed by atoms with Crippen molar-refractivity contribution in [2.75, 3.05) is 6.54 Å². The average molecular weight is 444 g/mol. The molecule has 32 heavy (non-hydrogen) atoms. The molecular formula is C21H17FN2O8-4. The smallest absolute Gasteiger partial charge is 0.132 e. The van der Waals surface area contributed by atoms with E-state index in [2.05, 4.69) is 6.07 Å². The fraction of sp³-hybridized carbons (Fsp3) is 0.190. The highest BCUT2D eigenvalue weighted by atomic mass is 19.1. The van der Waals surface area contributed by atoms with Gasteiger partial charge in [0.15, 0.2) is 0 Å². The summed E-state index contributed by atoms with van der Waals surface area (Å²) in [6.45, 7) is 0.598. The number of carboxylic acids is 4. The zero-order valence-corrected chi connectivity index (χ0v) is 16.5. The third-order valence-electron chi connectivity index (χ3n) is 4.00. The quantitative estimate of drug-likeness (QED) is 0.457.